The normalized spacial score (nSPS) is 11.8. The number of carboxylic acids is 1. The van der Waals surface area contributed by atoms with Crippen LogP contribution >= 0.6 is 0 Å². The van der Waals surface area contributed by atoms with Gasteiger partial charge in [0.15, 0.2) is 0 Å². The van der Waals surface area contributed by atoms with Crippen LogP contribution in [0, 0.1) is 5.92 Å². The van der Waals surface area contributed by atoms with E-state index in [-0.39, 0.29) is 12.6 Å². The highest BCUT2D eigenvalue weighted by atomic mass is 16.4. The average Bonchev–Trinajstić information content (AvgIpc) is 2.78. The van der Waals surface area contributed by atoms with Crippen LogP contribution in [-0.2, 0) is 11.2 Å². The number of amides is 2. The summed E-state index contributed by atoms with van der Waals surface area (Å²) in [5, 5.41) is 13.7. The molecule has 1 aromatic heterocycles. The fourth-order valence-electron chi connectivity index (χ4n) is 1.13. The molecule has 7 heteroatoms. The van der Waals surface area contributed by atoms with Crippen molar-refractivity contribution in [3.05, 3.63) is 18.2 Å². The molecule has 0 aliphatic heterocycles. The fourth-order valence-corrected chi connectivity index (χ4v) is 1.13. The number of carbonyl (C=O) groups excluding carboxylic acids is 1. The Hall–Kier alpha value is -2.05. The van der Waals surface area contributed by atoms with Gasteiger partial charge in [-0.15, -0.1) is 0 Å². The van der Waals surface area contributed by atoms with Gasteiger partial charge in [0, 0.05) is 31.4 Å². The quantitative estimate of drug-likeness (QED) is 0.560. The van der Waals surface area contributed by atoms with Crippen molar-refractivity contribution >= 4 is 12.0 Å². The second kappa shape index (κ2) is 6.51. The van der Waals surface area contributed by atoms with Crippen LogP contribution < -0.4 is 10.6 Å². The summed E-state index contributed by atoms with van der Waals surface area (Å²) >= 11 is 0. The molecule has 1 heterocycles. The molecule has 1 atom stereocenters. The maximum Gasteiger partial charge on any atom is 0.314 e. The minimum Gasteiger partial charge on any atom is -0.481 e. The Kier molecular flexibility index (Phi) is 4.99. The van der Waals surface area contributed by atoms with Gasteiger partial charge in [0.25, 0.3) is 0 Å². The van der Waals surface area contributed by atoms with Crippen molar-refractivity contribution < 1.29 is 14.7 Å². The number of imidazole rings is 1. The fraction of sp³-hybridized carbons (Fsp3) is 0.500. The molecule has 7 nitrogen and oxygen atoms in total. The lowest BCUT2D eigenvalue weighted by molar-refractivity contribution is -0.140. The molecule has 0 aromatic carbocycles. The van der Waals surface area contributed by atoms with Crippen molar-refractivity contribution in [3.63, 3.8) is 0 Å². The highest BCUT2D eigenvalue weighted by Gasteiger charge is 2.11. The third-order valence-corrected chi connectivity index (χ3v) is 2.23. The summed E-state index contributed by atoms with van der Waals surface area (Å²) in [5.41, 5.74) is 0.934. The first kappa shape index (κ1) is 13.0. The number of nitrogens with zero attached hydrogens (tertiary/aromatic N) is 1. The molecule has 4 N–H and O–H groups in total. The monoisotopic (exact) mass is 240 g/mol. The van der Waals surface area contributed by atoms with Crippen LogP contribution in [0.4, 0.5) is 4.79 Å². The molecule has 94 valence electrons. The van der Waals surface area contributed by atoms with Gasteiger partial charge in [0.2, 0.25) is 0 Å². The van der Waals surface area contributed by atoms with Crippen LogP contribution in [0.3, 0.4) is 0 Å². The zero-order valence-corrected chi connectivity index (χ0v) is 9.56. The predicted octanol–water partition coefficient (Wildman–Crippen LogP) is -0.0279. The zero-order valence-electron chi connectivity index (χ0n) is 9.56. The second-order valence-corrected chi connectivity index (χ2v) is 3.70. The summed E-state index contributed by atoms with van der Waals surface area (Å²) in [6.07, 6.45) is 3.91. The topological polar surface area (TPSA) is 107 Å². The molecule has 1 aromatic rings. The van der Waals surface area contributed by atoms with Crippen molar-refractivity contribution in [2.45, 2.75) is 13.3 Å². The van der Waals surface area contributed by atoms with Crippen LogP contribution in [0.1, 0.15) is 12.6 Å². The summed E-state index contributed by atoms with van der Waals surface area (Å²) in [7, 11) is 0. The zero-order chi connectivity index (χ0) is 12.7. The minimum atomic E-state index is -0.928. The molecule has 0 saturated carbocycles. The summed E-state index contributed by atoms with van der Waals surface area (Å²) in [6.45, 7) is 2.12. The number of nitrogens with one attached hydrogen (secondary N) is 3. The molecule has 2 amide bonds. The van der Waals surface area contributed by atoms with E-state index in [0.717, 1.165) is 5.69 Å². The maximum absolute atomic E-state index is 11.3. The van der Waals surface area contributed by atoms with Gasteiger partial charge < -0.3 is 20.7 Å². The lowest BCUT2D eigenvalue weighted by Crippen LogP contribution is -2.40. The summed E-state index contributed by atoms with van der Waals surface area (Å²) < 4.78 is 0. The number of hydrogen-bond acceptors (Lipinski definition) is 3. The maximum atomic E-state index is 11.3. The molecule has 1 rings (SSSR count). The predicted molar refractivity (Wildman–Crippen MR) is 60.5 cm³/mol. The van der Waals surface area contributed by atoms with Gasteiger partial charge >= 0.3 is 12.0 Å². The Morgan fingerprint density at radius 2 is 2.29 bits per heavy atom. The van der Waals surface area contributed by atoms with E-state index in [2.05, 4.69) is 20.6 Å². The largest absolute Gasteiger partial charge is 0.481 e. The lowest BCUT2D eigenvalue weighted by atomic mass is 10.2. The molecule has 0 spiro atoms. The molecule has 17 heavy (non-hydrogen) atoms. The van der Waals surface area contributed by atoms with Crippen LogP contribution in [0.25, 0.3) is 0 Å². The third-order valence-electron chi connectivity index (χ3n) is 2.23. The van der Waals surface area contributed by atoms with E-state index in [0.29, 0.717) is 13.0 Å². The summed E-state index contributed by atoms with van der Waals surface area (Å²) in [4.78, 5) is 28.5. The van der Waals surface area contributed by atoms with Crippen molar-refractivity contribution in [2.75, 3.05) is 13.1 Å². The molecular weight excluding hydrogens is 224 g/mol. The van der Waals surface area contributed by atoms with Crippen LogP contribution in [0.15, 0.2) is 12.5 Å². The standard InChI is InChI=1S/C10H16N4O3/c1-7(9(15)16)4-13-10(17)12-3-2-8-5-11-6-14-8/h5-7H,2-4H2,1H3,(H,11,14)(H,15,16)(H2,12,13,17). The Bertz CT molecular complexity index is 364. The number of carboxylic acid groups (broad SMARTS) is 1. The highest BCUT2D eigenvalue weighted by molar-refractivity contribution is 5.75. The first-order chi connectivity index (χ1) is 8.09. The summed E-state index contributed by atoms with van der Waals surface area (Å²) in [5.74, 6) is -1.52. The van der Waals surface area contributed by atoms with Gasteiger partial charge in [-0.05, 0) is 0 Å². The molecular formula is C10H16N4O3. The van der Waals surface area contributed by atoms with E-state index < -0.39 is 11.9 Å². The van der Waals surface area contributed by atoms with Gasteiger partial charge in [-0.2, -0.15) is 0 Å². The third kappa shape index (κ3) is 5.01. The Morgan fingerprint density at radius 3 is 2.88 bits per heavy atom. The summed E-state index contributed by atoms with van der Waals surface area (Å²) in [6, 6.07) is -0.363. The second-order valence-electron chi connectivity index (χ2n) is 3.70. The van der Waals surface area contributed by atoms with E-state index in [4.69, 9.17) is 5.11 Å². The Morgan fingerprint density at radius 1 is 1.53 bits per heavy atom. The lowest BCUT2D eigenvalue weighted by Gasteiger charge is -2.09. The minimum absolute atomic E-state index is 0.116. The van der Waals surface area contributed by atoms with Crippen molar-refractivity contribution in [3.8, 4) is 0 Å². The molecule has 0 aliphatic rings. The molecule has 1 unspecified atom stereocenters. The first-order valence-corrected chi connectivity index (χ1v) is 5.31. The number of rotatable bonds is 6. The number of aromatic amines is 1. The molecule has 0 saturated heterocycles. The number of H-pyrrole nitrogens is 1. The van der Waals surface area contributed by atoms with E-state index in [1.807, 2.05) is 0 Å². The van der Waals surface area contributed by atoms with E-state index >= 15 is 0 Å². The Balaban J connectivity index is 2.11. The Labute approximate surface area is 98.6 Å². The molecule has 0 fully saturated rings. The van der Waals surface area contributed by atoms with E-state index in [9.17, 15) is 9.59 Å². The smallest absolute Gasteiger partial charge is 0.314 e. The number of carbonyl (C=O) groups is 2. The van der Waals surface area contributed by atoms with E-state index in [1.165, 1.54) is 6.92 Å². The number of aromatic nitrogens is 2. The first-order valence-electron chi connectivity index (χ1n) is 5.31. The molecule has 0 aliphatic carbocycles. The van der Waals surface area contributed by atoms with Crippen molar-refractivity contribution in [1.29, 1.82) is 0 Å². The van der Waals surface area contributed by atoms with Crippen LogP contribution in [0.2, 0.25) is 0 Å². The number of urea groups is 1. The molecule has 0 bridgehead atoms. The SMILES string of the molecule is CC(CNC(=O)NCCc1cnc[nH]1)C(=O)O. The van der Waals surface area contributed by atoms with Gasteiger partial charge in [-0.25, -0.2) is 9.78 Å². The van der Waals surface area contributed by atoms with Crippen molar-refractivity contribution in [2.24, 2.45) is 5.92 Å². The average molecular weight is 240 g/mol. The van der Waals surface area contributed by atoms with Crippen LogP contribution in [0.5, 0.6) is 0 Å². The van der Waals surface area contributed by atoms with E-state index in [1.54, 1.807) is 12.5 Å². The number of hydrogen-bond donors (Lipinski definition) is 4. The van der Waals surface area contributed by atoms with Gasteiger partial charge in [-0.1, -0.05) is 6.92 Å². The van der Waals surface area contributed by atoms with Gasteiger partial charge in [0.05, 0.1) is 12.2 Å². The van der Waals surface area contributed by atoms with Crippen molar-refractivity contribution in [1.82, 2.24) is 20.6 Å². The van der Waals surface area contributed by atoms with Crippen LogP contribution in [-0.4, -0.2) is 40.2 Å². The highest BCUT2D eigenvalue weighted by Crippen LogP contribution is 1.92. The molecule has 0 radical (unpaired) electrons. The van der Waals surface area contributed by atoms with Gasteiger partial charge in [0.1, 0.15) is 0 Å². The van der Waals surface area contributed by atoms with Gasteiger partial charge in [-0.3, -0.25) is 4.79 Å². The number of aliphatic carboxylic acids is 1.